The van der Waals surface area contributed by atoms with E-state index in [-0.39, 0.29) is 18.4 Å². The highest BCUT2D eigenvalue weighted by Crippen LogP contribution is 2.31. The quantitative estimate of drug-likeness (QED) is 0.400. The summed E-state index contributed by atoms with van der Waals surface area (Å²) in [5.74, 6) is 0.544. The Hall–Kier alpha value is -2.99. The maximum atomic E-state index is 6.30. The summed E-state index contributed by atoms with van der Waals surface area (Å²) in [5.41, 5.74) is 11.2. The molecule has 5 nitrogen and oxygen atoms in total. The van der Waals surface area contributed by atoms with Gasteiger partial charge < -0.3 is 11.1 Å². The van der Waals surface area contributed by atoms with Crippen LogP contribution in [0.15, 0.2) is 85.3 Å². The maximum Gasteiger partial charge on any atom is 0.223 e. The third-order valence-electron chi connectivity index (χ3n) is 4.76. The summed E-state index contributed by atoms with van der Waals surface area (Å²) in [7, 11) is 0. The van der Waals surface area contributed by atoms with Crippen LogP contribution in [0.2, 0.25) is 5.02 Å². The molecule has 2 aromatic carbocycles. The highest BCUT2D eigenvalue weighted by atomic mass is 35.5. The van der Waals surface area contributed by atoms with Gasteiger partial charge in [0.25, 0.3) is 0 Å². The molecule has 3 N–H and O–H groups in total. The first kappa shape index (κ1) is 22.7. The molecule has 31 heavy (non-hydrogen) atoms. The second kappa shape index (κ2) is 10.9. The monoisotopic (exact) mass is 451 g/mol. The lowest BCUT2D eigenvalue weighted by molar-refractivity contribution is 0.696. The molecule has 0 aliphatic heterocycles. The zero-order valence-corrected chi connectivity index (χ0v) is 18.4. The average molecular weight is 452 g/mol. The second-order valence-corrected chi connectivity index (χ2v) is 7.47. The van der Waals surface area contributed by atoms with Crippen molar-refractivity contribution in [1.82, 2.24) is 15.0 Å². The summed E-state index contributed by atoms with van der Waals surface area (Å²) >= 11 is 6.05. The fourth-order valence-electron chi connectivity index (χ4n) is 3.25. The van der Waals surface area contributed by atoms with Crippen molar-refractivity contribution in [3.05, 3.63) is 95.9 Å². The van der Waals surface area contributed by atoms with Gasteiger partial charge in [-0.3, -0.25) is 4.98 Å². The van der Waals surface area contributed by atoms with E-state index in [1.54, 1.807) is 12.4 Å². The van der Waals surface area contributed by atoms with Gasteiger partial charge in [-0.2, -0.15) is 0 Å². The van der Waals surface area contributed by atoms with E-state index in [9.17, 15) is 0 Å². The molecule has 0 aliphatic rings. The molecule has 0 saturated heterocycles. The molecular weight excluding hydrogens is 429 g/mol. The zero-order chi connectivity index (χ0) is 20.8. The van der Waals surface area contributed by atoms with Gasteiger partial charge in [-0.05, 0) is 41.8 Å². The Morgan fingerprint density at radius 2 is 1.61 bits per heavy atom. The van der Waals surface area contributed by atoms with Crippen molar-refractivity contribution in [3.8, 4) is 22.4 Å². The summed E-state index contributed by atoms with van der Waals surface area (Å²) in [4.78, 5) is 13.4. The van der Waals surface area contributed by atoms with Crippen LogP contribution in [-0.2, 0) is 6.42 Å². The van der Waals surface area contributed by atoms with E-state index in [0.29, 0.717) is 17.5 Å². The predicted octanol–water partition coefficient (Wildman–Crippen LogP) is 5.26. The summed E-state index contributed by atoms with van der Waals surface area (Å²) in [5, 5.41) is 3.97. The number of hydrogen-bond donors (Lipinski definition) is 2. The van der Waals surface area contributed by atoms with Crippen LogP contribution in [0.1, 0.15) is 5.56 Å². The van der Waals surface area contributed by atoms with Gasteiger partial charge in [0.15, 0.2) is 0 Å². The van der Waals surface area contributed by atoms with Crippen LogP contribution in [0, 0.1) is 0 Å². The zero-order valence-electron chi connectivity index (χ0n) is 16.8. The third-order valence-corrected chi connectivity index (χ3v) is 5.01. The molecule has 0 radical (unpaired) electrons. The number of rotatable bonds is 7. The predicted molar refractivity (Wildman–Crippen MR) is 130 cm³/mol. The Morgan fingerprint density at radius 1 is 0.903 bits per heavy atom. The molecule has 2 aromatic heterocycles. The van der Waals surface area contributed by atoms with Crippen molar-refractivity contribution in [1.29, 1.82) is 0 Å². The Bertz CT molecular complexity index is 1090. The first-order valence-electron chi connectivity index (χ1n) is 9.76. The minimum Gasteiger partial charge on any atom is -0.353 e. The lowest BCUT2D eigenvalue weighted by Crippen LogP contribution is -2.31. The Labute approximate surface area is 193 Å². The minimum atomic E-state index is -0.0451. The SMILES string of the molecule is Cl.NC(CNc1ncc(-c2ccc(Cl)cc2)c(-c2ccncc2)n1)Cc1ccccc1. The minimum absolute atomic E-state index is 0. The summed E-state index contributed by atoms with van der Waals surface area (Å²) in [6.45, 7) is 0.574. The molecule has 0 amide bonds. The standard InChI is InChI=1S/C24H22ClN5.ClH/c25-20-8-6-18(7-9-20)22-16-29-24(30-23(22)19-10-12-27-13-11-19)28-15-21(26)14-17-4-2-1-3-5-17;/h1-13,16,21H,14-15,26H2,(H,28,29,30);1H. The molecule has 1 unspecified atom stereocenters. The molecular formula is C24H23Cl2N5. The first-order valence-corrected chi connectivity index (χ1v) is 10.1. The van der Waals surface area contributed by atoms with Gasteiger partial charge in [-0.25, -0.2) is 9.97 Å². The van der Waals surface area contributed by atoms with Gasteiger partial charge in [0.05, 0.1) is 5.69 Å². The number of anilines is 1. The topological polar surface area (TPSA) is 76.7 Å². The molecule has 158 valence electrons. The van der Waals surface area contributed by atoms with Crippen LogP contribution < -0.4 is 11.1 Å². The molecule has 0 saturated carbocycles. The summed E-state index contributed by atoms with van der Waals surface area (Å²) in [6, 6.07) is 21.7. The number of halogens is 2. The van der Waals surface area contributed by atoms with E-state index < -0.39 is 0 Å². The average Bonchev–Trinajstić information content (AvgIpc) is 2.79. The number of nitrogens with one attached hydrogen (secondary N) is 1. The van der Waals surface area contributed by atoms with Crippen molar-refractivity contribution >= 4 is 30.0 Å². The number of benzene rings is 2. The lowest BCUT2D eigenvalue weighted by Gasteiger charge is -2.15. The molecule has 4 aromatic rings. The third kappa shape index (κ3) is 6.01. The highest BCUT2D eigenvalue weighted by Gasteiger charge is 2.13. The maximum absolute atomic E-state index is 6.30. The molecule has 4 rings (SSSR count). The van der Waals surface area contributed by atoms with Gasteiger partial charge in [0.2, 0.25) is 5.95 Å². The highest BCUT2D eigenvalue weighted by molar-refractivity contribution is 6.30. The van der Waals surface area contributed by atoms with Gasteiger partial charge >= 0.3 is 0 Å². The molecule has 0 fully saturated rings. The molecule has 1 atom stereocenters. The molecule has 2 heterocycles. The van der Waals surface area contributed by atoms with Crippen LogP contribution in [0.4, 0.5) is 5.95 Å². The van der Waals surface area contributed by atoms with E-state index in [1.165, 1.54) is 5.56 Å². The van der Waals surface area contributed by atoms with Crippen molar-refractivity contribution in [2.45, 2.75) is 12.5 Å². The fraction of sp³-hybridized carbons (Fsp3) is 0.125. The van der Waals surface area contributed by atoms with Crippen molar-refractivity contribution in [2.75, 3.05) is 11.9 Å². The van der Waals surface area contributed by atoms with Crippen LogP contribution in [0.5, 0.6) is 0 Å². The van der Waals surface area contributed by atoms with Crippen LogP contribution in [-0.4, -0.2) is 27.5 Å². The van der Waals surface area contributed by atoms with E-state index in [4.69, 9.17) is 22.3 Å². The molecule has 7 heteroatoms. The van der Waals surface area contributed by atoms with E-state index >= 15 is 0 Å². The van der Waals surface area contributed by atoms with Crippen LogP contribution in [0.3, 0.4) is 0 Å². The number of pyridine rings is 1. The largest absolute Gasteiger partial charge is 0.353 e. The van der Waals surface area contributed by atoms with Crippen molar-refractivity contribution < 1.29 is 0 Å². The number of nitrogens with two attached hydrogens (primary N) is 1. The van der Waals surface area contributed by atoms with Gasteiger partial charge in [0.1, 0.15) is 0 Å². The van der Waals surface area contributed by atoms with E-state index in [1.807, 2.05) is 60.8 Å². The summed E-state index contributed by atoms with van der Waals surface area (Å²) in [6.07, 6.45) is 6.13. The Kier molecular flexibility index (Phi) is 7.95. The van der Waals surface area contributed by atoms with Gasteiger partial charge in [-0.1, -0.05) is 54.1 Å². The smallest absolute Gasteiger partial charge is 0.223 e. The van der Waals surface area contributed by atoms with Crippen molar-refractivity contribution in [2.24, 2.45) is 5.73 Å². The Balaban J connectivity index is 0.00000272. The van der Waals surface area contributed by atoms with Crippen molar-refractivity contribution in [3.63, 3.8) is 0 Å². The number of hydrogen-bond acceptors (Lipinski definition) is 5. The first-order chi connectivity index (χ1) is 14.7. The summed E-state index contributed by atoms with van der Waals surface area (Å²) < 4.78 is 0. The number of nitrogens with zero attached hydrogens (tertiary/aromatic N) is 3. The molecule has 0 spiro atoms. The Morgan fingerprint density at radius 3 is 2.32 bits per heavy atom. The normalized spacial score (nSPS) is 11.4. The molecule has 0 bridgehead atoms. The second-order valence-electron chi connectivity index (χ2n) is 7.03. The van der Waals surface area contributed by atoms with Crippen LogP contribution in [0.25, 0.3) is 22.4 Å². The van der Waals surface area contributed by atoms with Crippen LogP contribution >= 0.6 is 24.0 Å². The fourth-order valence-corrected chi connectivity index (χ4v) is 3.37. The number of aromatic nitrogens is 3. The molecule has 0 aliphatic carbocycles. The van der Waals surface area contributed by atoms with Gasteiger partial charge in [0, 0.05) is 47.3 Å². The van der Waals surface area contributed by atoms with E-state index in [2.05, 4.69) is 27.4 Å². The van der Waals surface area contributed by atoms with Gasteiger partial charge in [-0.15, -0.1) is 12.4 Å². The van der Waals surface area contributed by atoms with E-state index in [0.717, 1.165) is 28.8 Å². The lowest BCUT2D eigenvalue weighted by atomic mass is 10.0.